The summed E-state index contributed by atoms with van der Waals surface area (Å²) in [4.78, 5) is 0. The number of methoxy groups -OCH3 is 1. The summed E-state index contributed by atoms with van der Waals surface area (Å²) in [6.07, 6.45) is 0.0914. The predicted molar refractivity (Wildman–Crippen MR) is 38.0 cm³/mol. The van der Waals surface area contributed by atoms with Crippen molar-refractivity contribution in [3.05, 3.63) is 0 Å². The van der Waals surface area contributed by atoms with Crippen LogP contribution in [0.3, 0.4) is 0 Å². The molecule has 1 heterocycles. The van der Waals surface area contributed by atoms with E-state index < -0.39 is 0 Å². The van der Waals surface area contributed by atoms with Gasteiger partial charge in [-0.05, 0) is 0 Å². The van der Waals surface area contributed by atoms with Crippen LogP contribution >= 0.6 is 12.8 Å². The summed E-state index contributed by atoms with van der Waals surface area (Å²) in [5, 5.41) is 3.18. The third-order valence-electron chi connectivity index (χ3n) is 1.42. The Morgan fingerprint density at radius 3 is 3.00 bits per heavy atom. The minimum Gasteiger partial charge on any atom is -0.364 e. The van der Waals surface area contributed by atoms with Crippen LogP contribution in [0.15, 0.2) is 0 Å². The molecule has 0 aromatic rings. The van der Waals surface area contributed by atoms with Crippen molar-refractivity contribution in [3.8, 4) is 0 Å². The van der Waals surface area contributed by atoms with E-state index >= 15 is 0 Å². The van der Waals surface area contributed by atoms with Crippen LogP contribution in [0.1, 0.15) is 0 Å². The molecule has 4 heteroatoms. The lowest BCUT2D eigenvalue weighted by molar-refractivity contribution is 0.00937. The molecular weight excluding hydrogens is 136 g/mol. The topological polar surface area (TPSA) is 24.5 Å². The van der Waals surface area contributed by atoms with Gasteiger partial charge in [0.2, 0.25) is 0 Å². The molecule has 0 aliphatic carbocycles. The number of ether oxygens (including phenoxy) is 1. The van der Waals surface area contributed by atoms with Gasteiger partial charge in [-0.25, -0.2) is 4.31 Å². The van der Waals surface area contributed by atoms with Gasteiger partial charge >= 0.3 is 0 Å². The number of nitrogens with one attached hydrogen (secondary N) is 1. The third-order valence-corrected chi connectivity index (χ3v) is 1.84. The summed E-state index contributed by atoms with van der Waals surface area (Å²) in [7, 11) is 1.68. The van der Waals surface area contributed by atoms with Gasteiger partial charge in [0, 0.05) is 39.6 Å². The van der Waals surface area contributed by atoms with Crippen molar-refractivity contribution in [1.82, 2.24) is 9.62 Å². The molecule has 1 unspecified atom stereocenters. The van der Waals surface area contributed by atoms with Crippen molar-refractivity contribution < 1.29 is 4.74 Å². The largest absolute Gasteiger partial charge is 0.364 e. The highest BCUT2D eigenvalue weighted by Crippen LogP contribution is 2.04. The number of hydrogen-bond acceptors (Lipinski definition) is 3. The van der Waals surface area contributed by atoms with Gasteiger partial charge in [0.25, 0.3) is 0 Å². The fourth-order valence-electron chi connectivity index (χ4n) is 0.861. The van der Waals surface area contributed by atoms with E-state index in [1.54, 1.807) is 11.4 Å². The number of nitrogens with zero attached hydrogens (tertiary/aromatic N) is 1. The summed E-state index contributed by atoms with van der Waals surface area (Å²) in [6.45, 7) is 2.72. The van der Waals surface area contributed by atoms with Crippen molar-refractivity contribution in [2.45, 2.75) is 6.23 Å². The zero-order valence-electron chi connectivity index (χ0n) is 5.46. The summed E-state index contributed by atoms with van der Waals surface area (Å²) in [6, 6.07) is 0. The first-order chi connectivity index (χ1) is 4.34. The first-order valence-electron chi connectivity index (χ1n) is 3.02. The molecule has 3 nitrogen and oxygen atoms in total. The molecule has 0 amide bonds. The highest BCUT2D eigenvalue weighted by atomic mass is 32.1. The van der Waals surface area contributed by atoms with E-state index in [2.05, 4.69) is 5.32 Å². The van der Waals surface area contributed by atoms with Crippen LogP contribution in [0.25, 0.3) is 0 Å². The van der Waals surface area contributed by atoms with Crippen LogP contribution in [-0.4, -0.2) is 37.3 Å². The molecule has 1 atom stereocenters. The zero-order chi connectivity index (χ0) is 6.69. The van der Waals surface area contributed by atoms with Gasteiger partial charge in [0.15, 0.2) is 0 Å². The molecule has 1 fully saturated rings. The Kier molecular flexibility index (Phi) is 2.78. The molecule has 0 aromatic heterocycles. The lowest BCUT2D eigenvalue weighted by Crippen LogP contribution is -2.47. The fourth-order valence-corrected chi connectivity index (χ4v) is 1.11. The van der Waals surface area contributed by atoms with Crippen LogP contribution in [0.5, 0.6) is 0 Å². The molecule has 1 aliphatic rings. The predicted octanol–water partition coefficient (Wildman–Crippen LogP) is -0.0234. The van der Waals surface area contributed by atoms with Gasteiger partial charge in [-0.2, -0.15) is 0 Å². The Morgan fingerprint density at radius 1 is 1.78 bits per heavy atom. The van der Waals surface area contributed by atoms with Crippen LogP contribution in [0.2, 0.25) is 0 Å². The lowest BCUT2D eigenvalue weighted by atomic mass is 10.4. The second-order valence-corrected chi connectivity index (χ2v) is 2.50. The molecule has 0 bridgehead atoms. The van der Waals surface area contributed by atoms with E-state index in [-0.39, 0.29) is 6.23 Å². The van der Waals surface area contributed by atoms with Crippen molar-refractivity contribution in [2.75, 3.05) is 26.7 Å². The van der Waals surface area contributed by atoms with E-state index in [9.17, 15) is 0 Å². The first kappa shape index (κ1) is 7.34. The summed E-state index contributed by atoms with van der Waals surface area (Å²) >= 11 is 4.98. The van der Waals surface area contributed by atoms with Gasteiger partial charge in [0.1, 0.15) is 6.23 Å². The average Bonchev–Trinajstić information content (AvgIpc) is 1.89. The molecule has 0 aromatic carbocycles. The highest BCUT2D eigenvalue weighted by Gasteiger charge is 2.18. The summed E-state index contributed by atoms with van der Waals surface area (Å²) in [5.41, 5.74) is 0. The van der Waals surface area contributed by atoms with Crippen LogP contribution in [0.4, 0.5) is 0 Å². The third kappa shape index (κ3) is 1.82. The van der Waals surface area contributed by atoms with E-state index in [1.807, 2.05) is 0 Å². The van der Waals surface area contributed by atoms with Gasteiger partial charge in [0.05, 0.1) is 0 Å². The van der Waals surface area contributed by atoms with E-state index in [1.165, 1.54) is 0 Å². The Labute approximate surface area is 60.9 Å². The highest BCUT2D eigenvalue weighted by molar-refractivity contribution is 7.77. The SMILES string of the molecule is COC1CNCCN1[S]. The quantitative estimate of drug-likeness (QED) is 0.564. The van der Waals surface area contributed by atoms with Gasteiger partial charge in [-0.3, -0.25) is 0 Å². The zero-order valence-corrected chi connectivity index (χ0v) is 6.28. The molecule has 0 saturated carbocycles. The smallest absolute Gasteiger partial charge is 0.132 e. The van der Waals surface area contributed by atoms with Gasteiger partial charge < -0.3 is 10.1 Å². The van der Waals surface area contributed by atoms with Crippen LogP contribution in [0, 0.1) is 0 Å². The Bertz CT molecular complexity index is 91.0. The standard InChI is InChI=1S/C5H11N2OS/c1-8-5-4-6-2-3-7(5)9/h5-6H,2-4H2,1H3. The minimum absolute atomic E-state index is 0.0914. The molecule has 1 radical (unpaired) electrons. The molecule has 0 spiro atoms. The molecule has 9 heavy (non-hydrogen) atoms. The van der Waals surface area contributed by atoms with Crippen molar-refractivity contribution in [2.24, 2.45) is 0 Å². The second-order valence-electron chi connectivity index (χ2n) is 2.04. The maximum Gasteiger partial charge on any atom is 0.132 e. The normalized spacial score (nSPS) is 30.7. The van der Waals surface area contributed by atoms with Crippen LogP contribution in [-0.2, 0) is 4.74 Å². The Hall–Kier alpha value is 0.230. The first-order valence-corrected chi connectivity index (χ1v) is 3.38. The number of hydrogen-bond donors (Lipinski definition) is 1. The van der Waals surface area contributed by atoms with E-state index in [0.29, 0.717) is 0 Å². The number of piperazine rings is 1. The minimum atomic E-state index is 0.0914. The van der Waals surface area contributed by atoms with E-state index in [0.717, 1.165) is 19.6 Å². The molecule has 53 valence electrons. The number of rotatable bonds is 1. The van der Waals surface area contributed by atoms with E-state index in [4.69, 9.17) is 17.6 Å². The van der Waals surface area contributed by atoms with Crippen molar-refractivity contribution >= 4 is 12.8 Å². The Balaban J connectivity index is 2.30. The molecule has 1 aliphatic heterocycles. The summed E-state index contributed by atoms with van der Waals surface area (Å²) in [5.74, 6) is 0. The van der Waals surface area contributed by atoms with Crippen LogP contribution < -0.4 is 5.32 Å². The second kappa shape index (κ2) is 3.41. The monoisotopic (exact) mass is 147 g/mol. The molecule has 1 N–H and O–H groups in total. The van der Waals surface area contributed by atoms with Gasteiger partial charge in [-0.15, -0.1) is 0 Å². The Morgan fingerprint density at radius 2 is 2.56 bits per heavy atom. The van der Waals surface area contributed by atoms with Gasteiger partial charge in [-0.1, -0.05) is 0 Å². The maximum absolute atomic E-state index is 5.06. The van der Waals surface area contributed by atoms with Crippen molar-refractivity contribution in [3.63, 3.8) is 0 Å². The lowest BCUT2D eigenvalue weighted by Gasteiger charge is -2.29. The molecule has 1 saturated heterocycles. The molecule has 1 rings (SSSR count). The summed E-state index contributed by atoms with van der Waals surface area (Å²) < 4.78 is 6.85. The fraction of sp³-hybridized carbons (Fsp3) is 1.00. The maximum atomic E-state index is 5.06. The van der Waals surface area contributed by atoms with Crippen molar-refractivity contribution in [1.29, 1.82) is 0 Å². The molecular formula is C5H11N2OS. The average molecular weight is 147 g/mol.